The van der Waals surface area contributed by atoms with Gasteiger partial charge in [-0.3, -0.25) is 4.79 Å². The fourth-order valence-corrected chi connectivity index (χ4v) is 5.02. The number of anilines is 1. The van der Waals surface area contributed by atoms with Crippen LogP contribution < -0.4 is 15.0 Å². The average Bonchev–Trinajstić information content (AvgIpc) is 3.33. The van der Waals surface area contributed by atoms with Crippen LogP contribution in [0.25, 0.3) is 10.8 Å². The van der Waals surface area contributed by atoms with E-state index in [1.165, 1.54) is 28.5 Å². The minimum Gasteiger partial charge on any atom is -0.481 e. The molecule has 1 aliphatic heterocycles. The van der Waals surface area contributed by atoms with Crippen LogP contribution in [0.4, 0.5) is 10.1 Å². The van der Waals surface area contributed by atoms with Gasteiger partial charge in [-0.05, 0) is 60.0 Å². The lowest BCUT2D eigenvalue weighted by molar-refractivity contribution is -0.136. The van der Waals surface area contributed by atoms with Gasteiger partial charge in [0, 0.05) is 42.5 Å². The predicted molar refractivity (Wildman–Crippen MR) is 140 cm³/mol. The van der Waals surface area contributed by atoms with E-state index in [-0.39, 0.29) is 12.5 Å². The Balaban J connectivity index is 1.30. The summed E-state index contributed by atoms with van der Waals surface area (Å²) in [6, 6.07) is 26.8. The Kier molecular flexibility index (Phi) is 6.87. The first-order valence-corrected chi connectivity index (χ1v) is 12.2. The maximum atomic E-state index is 13.6. The minimum absolute atomic E-state index is 0.174. The Morgan fingerprint density at radius 3 is 2.72 bits per heavy atom. The number of rotatable bonds is 8. The predicted octanol–water partition coefficient (Wildman–Crippen LogP) is 6.33. The third-order valence-corrected chi connectivity index (χ3v) is 6.74. The summed E-state index contributed by atoms with van der Waals surface area (Å²) in [5.74, 6) is -0.592. The highest BCUT2D eigenvalue weighted by atomic mass is 19.1. The van der Waals surface area contributed by atoms with Crippen molar-refractivity contribution in [2.24, 2.45) is 0 Å². The van der Waals surface area contributed by atoms with Gasteiger partial charge >= 0.3 is 5.97 Å². The average molecular weight is 485 g/mol. The van der Waals surface area contributed by atoms with Crippen LogP contribution in [0, 0.1) is 5.82 Å². The second-order valence-electron chi connectivity index (χ2n) is 9.31. The molecule has 1 saturated heterocycles. The van der Waals surface area contributed by atoms with Crippen molar-refractivity contribution < 1.29 is 19.0 Å². The smallest absolute Gasteiger partial charge is 0.307 e. The molecule has 1 fully saturated rings. The molecule has 0 aromatic heterocycles. The summed E-state index contributed by atoms with van der Waals surface area (Å²) in [7, 11) is 0. The van der Waals surface area contributed by atoms with E-state index in [1.807, 2.05) is 12.1 Å². The van der Waals surface area contributed by atoms with Crippen LogP contribution in [0.1, 0.15) is 30.5 Å². The SMILES string of the molecule is C[C@@H](N[C@H]1CCN(c2ccc(Oc3cccc(F)c3)c(CC(=O)O)c2)C1)c1cccc2ccccc12. The minimum atomic E-state index is -0.943. The number of fused-ring (bicyclic) bond motifs is 1. The van der Waals surface area contributed by atoms with Gasteiger partial charge in [0.25, 0.3) is 0 Å². The summed E-state index contributed by atoms with van der Waals surface area (Å²) >= 11 is 0. The lowest BCUT2D eigenvalue weighted by atomic mass is 9.99. The third-order valence-electron chi connectivity index (χ3n) is 6.74. The summed E-state index contributed by atoms with van der Waals surface area (Å²) in [5.41, 5.74) is 2.80. The second-order valence-corrected chi connectivity index (χ2v) is 9.31. The Morgan fingerprint density at radius 1 is 1.08 bits per heavy atom. The highest BCUT2D eigenvalue weighted by molar-refractivity contribution is 5.86. The molecular weight excluding hydrogens is 455 g/mol. The zero-order valence-electron chi connectivity index (χ0n) is 20.2. The van der Waals surface area contributed by atoms with E-state index in [0.29, 0.717) is 23.1 Å². The number of nitrogens with one attached hydrogen (secondary N) is 1. The Hall–Kier alpha value is -3.90. The van der Waals surface area contributed by atoms with E-state index >= 15 is 0 Å². The van der Waals surface area contributed by atoms with E-state index in [0.717, 1.165) is 25.2 Å². The Labute approximate surface area is 210 Å². The van der Waals surface area contributed by atoms with E-state index in [1.54, 1.807) is 18.2 Å². The quantitative estimate of drug-likeness (QED) is 0.306. The normalized spacial score (nSPS) is 16.3. The molecule has 36 heavy (non-hydrogen) atoms. The molecule has 5 rings (SSSR count). The molecule has 0 unspecified atom stereocenters. The molecule has 1 heterocycles. The number of aliphatic carboxylic acids is 1. The van der Waals surface area contributed by atoms with Gasteiger partial charge in [0.05, 0.1) is 6.42 Å². The van der Waals surface area contributed by atoms with Crippen molar-refractivity contribution in [3.05, 3.63) is 102 Å². The summed E-state index contributed by atoms with van der Waals surface area (Å²) in [4.78, 5) is 13.8. The van der Waals surface area contributed by atoms with Crippen LogP contribution in [0.3, 0.4) is 0 Å². The van der Waals surface area contributed by atoms with Gasteiger partial charge in [-0.25, -0.2) is 4.39 Å². The molecule has 0 aliphatic carbocycles. The second kappa shape index (κ2) is 10.4. The highest BCUT2D eigenvalue weighted by Crippen LogP contribution is 2.32. The Bertz CT molecular complexity index is 1380. The number of benzene rings is 4. The molecule has 0 amide bonds. The van der Waals surface area contributed by atoms with E-state index in [9.17, 15) is 14.3 Å². The topological polar surface area (TPSA) is 61.8 Å². The van der Waals surface area contributed by atoms with Crippen molar-refractivity contribution in [2.75, 3.05) is 18.0 Å². The molecule has 2 N–H and O–H groups in total. The number of nitrogens with zero attached hydrogens (tertiary/aromatic N) is 1. The number of hydrogen-bond donors (Lipinski definition) is 2. The summed E-state index contributed by atoms with van der Waals surface area (Å²) in [6.07, 6.45) is 0.817. The van der Waals surface area contributed by atoms with Crippen LogP contribution >= 0.6 is 0 Å². The van der Waals surface area contributed by atoms with Crippen LogP contribution in [-0.4, -0.2) is 30.2 Å². The zero-order valence-corrected chi connectivity index (χ0v) is 20.2. The van der Waals surface area contributed by atoms with E-state index in [2.05, 4.69) is 59.6 Å². The summed E-state index contributed by atoms with van der Waals surface area (Å²) < 4.78 is 19.4. The molecule has 4 aromatic carbocycles. The number of halogens is 1. The van der Waals surface area contributed by atoms with Crippen LogP contribution in [0.2, 0.25) is 0 Å². The zero-order chi connectivity index (χ0) is 25.1. The standard InChI is InChI=1S/C30H29FN2O3/c1-20(27-11-4-7-21-6-2-3-10-28(21)27)32-24-14-15-33(19-24)25-12-13-29(22(16-25)17-30(34)35)36-26-9-5-8-23(31)18-26/h2-13,16,18,20,24,32H,14-15,17,19H2,1H3,(H,34,35)/t20-,24+/m1/s1. The largest absolute Gasteiger partial charge is 0.481 e. The molecule has 6 heteroatoms. The van der Waals surface area contributed by atoms with Gasteiger partial charge < -0.3 is 20.1 Å². The lowest BCUT2D eigenvalue weighted by Crippen LogP contribution is -2.34. The van der Waals surface area contributed by atoms with E-state index < -0.39 is 11.8 Å². The van der Waals surface area contributed by atoms with Crippen molar-refractivity contribution in [2.45, 2.75) is 31.8 Å². The monoisotopic (exact) mass is 484 g/mol. The maximum absolute atomic E-state index is 13.6. The van der Waals surface area contributed by atoms with Gasteiger partial charge in [0.15, 0.2) is 0 Å². The van der Waals surface area contributed by atoms with Gasteiger partial charge in [0.2, 0.25) is 0 Å². The summed E-state index contributed by atoms with van der Waals surface area (Å²) in [5, 5.41) is 15.7. The molecular formula is C30H29FN2O3. The number of ether oxygens (including phenoxy) is 1. The maximum Gasteiger partial charge on any atom is 0.307 e. The molecule has 2 atom stereocenters. The van der Waals surface area contributed by atoms with Crippen molar-refractivity contribution in [1.29, 1.82) is 0 Å². The fourth-order valence-electron chi connectivity index (χ4n) is 5.02. The van der Waals surface area contributed by atoms with Gasteiger partial charge in [-0.2, -0.15) is 0 Å². The van der Waals surface area contributed by atoms with Crippen molar-refractivity contribution >= 4 is 22.4 Å². The van der Waals surface area contributed by atoms with Crippen LogP contribution in [0.5, 0.6) is 11.5 Å². The van der Waals surface area contributed by atoms with Crippen molar-refractivity contribution in [3.8, 4) is 11.5 Å². The molecule has 0 radical (unpaired) electrons. The fraction of sp³-hybridized carbons (Fsp3) is 0.233. The molecule has 5 nitrogen and oxygen atoms in total. The molecule has 4 aromatic rings. The van der Waals surface area contributed by atoms with Gasteiger partial charge in [0.1, 0.15) is 17.3 Å². The first-order chi connectivity index (χ1) is 17.5. The number of hydrogen-bond acceptors (Lipinski definition) is 4. The van der Waals surface area contributed by atoms with Crippen molar-refractivity contribution in [3.63, 3.8) is 0 Å². The van der Waals surface area contributed by atoms with Gasteiger partial charge in [-0.15, -0.1) is 0 Å². The number of carboxylic acid groups (broad SMARTS) is 1. The lowest BCUT2D eigenvalue weighted by Gasteiger charge is -2.23. The molecule has 184 valence electrons. The van der Waals surface area contributed by atoms with Crippen molar-refractivity contribution in [1.82, 2.24) is 5.32 Å². The molecule has 0 bridgehead atoms. The summed E-state index contributed by atoms with van der Waals surface area (Å²) in [6.45, 7) is 3.90. The molecule has 0 spiro atoms. The van der Waals surface area contributed by atoms with Crippen LogP contribution in [-0.2, 0) is 11.2 Å². The van der Waals surface area contributed by atoms with E-state index in [4.69, 9.17) is 4.74 Å². The first kappa shape index (κ1) is 23.8. The number of carbonyl (C=O) groups is 1. The van der Waals surface area contributed by atoms with Gasteiger partial charge in [-0.1, -0.05) is 48.5 Å². The third kappa shape index (κ3) is 5.34. The highest BCUT2D eigenvalue weighted by Gasteiger charge is 2.25. The Morgan fingerprint density at radius 2 is 1.89 bits per heavy atom. The molecule has 0 saturated carbocycles. The number of carboxylic acids is 1. The molecule has 1 aliphatic rings. The first-order valence-electron chi connectivity index (χ1n) is 12.2. The van der Waals surface area contributed by atoms with Crippen LogP contribution in [0.15, 0.2) is 84.9 Å².